The smallest absolute Gasteiger partial charge is 0.241 e. The quantitative estimate of drug-likeness (QED) is 0.815. The molecular formula is C17H25N5O2. The molecule has 3 heterocycles. The average molecular weight is 331 g/mol. The van der Waals surface area contributed by atoms with Crippen molar-refractivity contribution in [3.63, 3.8) is 0 Å². The zero-order valence-electron chi connectivity index (χ0n) is 14.7. The van der Waals surface area contributed by atoms with Gasteiger partial charge in [-0.2, -0.15) is 5.10 Å². The fourth-order valence-electron chi connectivity index (χ4n) is 3.61. The van der Waals surface area contributed by atoms with E-state index >= 15 is 0 Å². The van der Waals surface area contributed by atoms with E-state index in [0.717, 1.165) is 37.3 Å². The van der Waals surface area contributed by atoms with Crippen molar-refractivity contribution >= 4 is 17.6 Å². The van der Waals surface area contributed by atoms with E-state index < -0.39 is 0 Å². The minimum absolute atomic E-state index is 0.0301. The molecule has 0 bridgehead atoms. The van der Waals surface area contributed by atoms with Gasteiger partial charge in [-0.05, 0) is 38.3 Å². The molecule has 130 valence electrons. The third kappa shape index (κ3) is 3.07. The predicted molar refractivity (Wildman–Crippen MR) is 90.5 cm³/mol. The normalized spacial score (nSPS) is 23.9. The highest BCUT2D eigenvalue weighted by molar-refractivity contribution is 5.90. The molecule has 0 radical (unpaired) electrons. The lowest BCUT2D eigenvalue weighted by Crippen LogP contribution is -2.49. The number of hydrogen-bond acceptors (Lipinski definition) is 5. The van der Waals surface area contributed by atoms with Crippen LogP contribution in [0.4, 0.5) is 5.82 Å². The molecule has 0 aliphatic carbocycles. The van der Waals surface area contributed by atoms with Crippen LogP contribution < -0.4 is 4.90 Å². The first-order chi connectivity index (χ1) is 11.4. The molecule has 0 saturated carbocycles. The molecule has 0 N–H and O–H groups in total. The number of nitrogens with zero attached hydrogens (tertiary/aromatic N) is 5. The molecule has 2 amide bonds. The monoisotopic (exact) mass is 331 g/mol. The molecule has 24 heavy (non-hydrogen) atoms. The van der Waals surface area contributed by atoms with Crippen LogP contribution in [0, 0.1) is 12.3 Å². The maximum Gasteiger partial charge on any atom is 0.241 e. The Labute approximate surface area is 142 Å². The van der Waals surface area contributed by atoms with Crippen molar-refractivity contribution in [2.75, 3.05) is 45.2 Å². The summed E-state index contributed by atoms with van der Waals surface area (Å²) in [5.41, 5.74) is 0.507. The van der Waals surface area contributed by atoms with Crippen molar-refractivity contribution in [3.05, 3.63) is 17.8 Å². The van der Waals surface area contributed by atoms with Crippen LogP contribution in [0.2, 0.25) is 0 Å². The summed E-state index contributed by atoms with van der Waals surface area (Å²) in [7, 11) is 3.44. The molecular weight excluding hydrogens is 306 g/mol. The molecule has 1 aromatic rings. The van der Waals surface area contributed by atoms with Crippen LogP contribution in [0.15, 0.2) is 12.1 Å². The van der Waals surface area contributed by atoms with Crippen LogP contribution in [-0.4, -0.2) is 72.1 Å². The van der Waals surface area contributed by atoms with Crippen molar-refractivity contribution in [3.8, 4) is 0 Å². The Morgan fingerprint density at radius 3 is 2.71 bits per heavy atom. The molecule has 2 aliphatic heterocycles. The summed E-state index contributed by atoms with van der Waals surface area (Å²) in [5, 5.41) is 8.39. The van der Waals surface area contributed by atoms with Gasteiger partial charge < -0.3 is 14.7 Å². The molecule has 0 unspecified atom stereocenters. The third-order valence-electron chi connectivity index (χ3n) is 5.11. The molecule has 2 aliphatic rings. The van der Waals surface area contributed by atoms with E-state index in [4.69, 9.17) is 0 Å². The lowest BCUT2D eigenvalue weighted by Gasteiger charge is -2.39. The van der Waals surface area contributed by atoms with Crippen LogP contribution >= 0.6 is 0 Å². The van der Waals surface area contributed by atoms with E-state index in [2.05, 4.69) is 15.1 Å². The van der Waals surface area contributed by atoms with Gasteiger partial charge in [0, 0.05) is 33.7 Å². The number of amides is 2. The molecule has 2 fully saturated rings. The van der Waals surface area contributed by atoms with Gasteiger partial charge in [0.15, 0.2) is 5.82 Å². The number of carbonyl (C=O) groups is 2. The van der Waals surface area contributed by atoms with Crippen molar-refractivity contribution < 1.29 is 9.59 Å². The van der Waals surface area contributed by atoms with E-state index in [-0.39, 0.29) is 23.8 Å². The van der Waals surface area contributed by atoms with Crippen LogP contribution in [0.25, 0.3) is 0 Å². The van der Waals surface area contributed by atoms with Crippen molar-refractivity contribution in [2.45, 2.75) is 26.2 Å². The maximum atomic E-state index is 13.0. The molecule has 1 atom stereocenters. The molecule has 1 aromatic heterocycles. The Kier molecular flexibility index (Phi) is 4.43. The minimum Gasteiger partial charge on any atom is -0.354 e. The Morgan fingerprint density at radius 1 is 1.25 bits per heavy atom. The highest BCUT2D eigenvalue weighted by Gasteiger charge is 2.49. The number of hydrogen-bond donors (Lipinski definition) is 0. The molecule has 1 spiro atoms. The Balaban J connectivity index is 1.72. The van der Waals surface area contributed by atoms with Gasteiger partial charge in [0.2, 0.25) is 11.8 Å². The van der Waals surface area contributed by atoms with E-state index in [1.807, 2.05) is 19.1 Å². The van der Waals surface area contributed by atoms with Gasteiger partial charge in [0.25, 0.3) is 0 Å². The van der Waals surface area contributed by atoms with Gasteiger partial charge >= 0.3 is 0 Å². The second-order valence-corrected chi connectivity index (χ2v) is 7.10. The fourth-order valence-corrected chi connectivity index (χ4v) is 3.61. The summed E-state index contributed by atoms with van der Waals surface area (Å²) < 4.78 is 0. The molecule has 2 saturated heterocycles. The topological polar surface area (TPSA) is 69.6 Å². The molecule has 3 rings (SSSR count). The Hall–Kier alpha value is -2.18. The van der Waals surface area contributed by atoms with E-state index in [1.54, 1.807) is 19.0 Å². The first-order valence-corrected chi connectivity index (χ1v) is 8.46. The van der Waals surface area contributed by atoms with Gasteiger partial charge in [-0.3, -0.25) is 9.59 Å². The van der Waals surface area contributed by atoms with Gasteiger partial charge in [-0.25, -0.2) is 0 Å². The zero-order chi connectivity index (χ0) is 17.3. The second kappa shape index (κ2) is 6.37. The number of piperidine rings is 1. The number of rotatable bonds is 3. The summed E-state index contributed by atoms with van der Waals surface area (Å²) in [6.45, 7) is 4.30. The number of carbonyl (C=O) groups excluding carboxylic acids is 2. The summed E-state index contributed by atoms with van der Waals surface area (Å²) in [6, 6.07) is 3.91. The highest BCUT2D eigenvalue weighted by Crippen LogP contribution is 2.40. The van der Waals surface area contributed by atoms with Gasteiger partial charge in [-0.15, -0.1) is 5.10 Å². The van der Waals surface area contributed by atoms with Crippen molar-refractivity contribution in [1.29, 1.82) is 0 Å². The standard InChI is InChI=1S/C17H25N5O2/c1-13-5-6-14(19-18-13)22-9-4-7-17(12-22)8-10-21(16(17)24)11-15(23)20(2)3/h5-6H,4,7-12H2,1-3H3/t17-/m0/s1. The zero-order valence-corrected chi connectivity index (χ0v) is 14.7. The summed E-state index contributed by atoms with van der Waals surface area (Å²) in [6.07, 6.45) is 2.65. The van der Waals surface area contributed by atoms with Gasteiger partial charge in [0.05, 0.1) is 17.7 Å². The Morgan fingerprint density at radius 2 is 2.04 bits per heavy atom. The number of aryl methyl sites for hydroxylation is 1. The molecule has 7 nitrogen and oxygen atoms in total. The lowest BCUT2D eigenvalue weighted by atomic mass is 9.78. The average Bonchev–Trinajstić information content (AvgIpc) is 2.85. The first-order valence-electron chi connectivity index (χ1n) is 8.46. The summed E-state index contributed by atoms with van der Waals surface area (Å²) in [5.74, 6) is 0.912. The number of anilines is 1. The maximum absolute atomic E-state index is 13.0. The predicted octanol–water partition coefficient (Wildman–Crippen LogP) is 0.692. The summed E-state index contributed by atoms with van der Waals surface area (Å²) >= 11 is 0. The SMILES string of the molecule is Cc1ccc(N2CCC[C@]3(CCN(CC(=O)N(C)C)C3=O)C2)nn1. The van der Waals surface area contributed by atoms with E-state index in [9.17, 15) is 9.59 Å². The lowest BCUT2D eigenvalue weighted by molar-refractivity contribution is -0.141. The van der Waals surface area contributed by atoms with Gasteiger partial charge in [-0.1, -0.05) is 0 Å². The van der Waals surface area contributed by atoms with Crippen LogP contribution in [0.1, 0.15) is 25.0 Å². The first kappa shape index (κ1) is 16.7. The fraction of sp³-hybridized carbons (Fsp3) is 0.647. The van der Waals surface area contributed by atoms with E-state index in [0.29, 0.717) is 13.1 Å². The third-order valence-corrected chi connectivity index (χ3v) is 5.11. The van der Waals surface area contributed by atoms with Crippen LogP contribution in [0.3, 0.4) is 0 Å². The van der Waals surface area contributed by atoms with Crippen molar-refractivity contribution in [2.24, 2.45) is 5.41 Å². The number of likely N-dealkylation sites (N-methyl/N-ethyl adjacent to an activating group) is 1. The minimum atomic E-state index is -0.378. The Bertz CT molecular complexity index is 630. The van der Waals surface area contributed by atoms with Gasteiger partial charge in [0.1, 0.15) is 0 Å². The van der Waals surface area contributed by atoms with E-state index in [1.165, 1.54) is 4.90 Å². The van der Waals surface area contributed by atoms with Crippen molar-refractivity contribution in [1.82, 2.24) is 20.0 Å². The second-order valence-electron chi connectivity index (χ2n) is 7.10. The summed E-state index contributed by atoms with van der Waals surface area (Å²) in [4.78, 5) is 30.3. The largest absolute Gasteiger partial charge is 0.354 e. The number of likely N-dealkylation sites (tertiary alicyclic amines) is 1. The highest BCUT2D eigenvalue weighted by atomic mass is 16.2. The number of aromatic nitrogens is 2. The molecule has 0 aromatic carbocycles. The molecule has 7 heteroatoms. The van der Waals surface area contributed by atoms with Crippen LogP contribution in [-0.2, 0) is 9.59 Å². The van der Waals surface area contributed by atoms with Crippen LogP contribution in [0.5, 0.6) is 0 Å².